The molecule has 0 saturated heterocycles. The molecule has 0 spiro atoms. The molecule has 0 heterocycles. The molecule has 0 saturated carbocycles. The summed E-state index contributed by atoms with van der Waals surface area (Å²) in [5.41, 5.74) is 6.80. The van der Waals surface area contributed by atoms with E-state index in [4.69, 9.17) is 15.2 Å². The van der Waals surface area contributed by atoms with Crippen LogP contribution in [0.15, 0.2) is 24.3 Å². The van der Waals surface area contributed by atoms with Gasteiger partial charge >= 0.3 is 0 Å². The number of benzene rings is 1. The zero-order valence-electron chi connectivity index (χ0n) is 8.20. The number of nitrogens with two attached hydrogens (primary N) is 1. The Morgan fingerprint density at radius 3 is 2.00 bits per heavy atom. The smallest absolute Gasteiger partial charge is 0.165 e. The summed E-state index contributed by atoms with van der Waals surface area (Å²) in [6.45, 7) is 0. The van der Waals surface area contributed by atoms with E-state index in [1.165, 1.54) is 0 Å². The van der Waals surface area contributed by atoms with E-state index in [1.807, 2.05) is 24.3 Å². The molecule has 0 aliphatic heterocycles. The van der Waals surface area contributed by atoms with E-state index in [0.29, 0.717) is 0 Å². The fourth-order valence-corrected chi connectivity index (χ4v) is 1.44. The van der Waals surface area contributed by atoms with Crippen LogP contribution in [0.25, 0.3) is 0 Å². The molecule has 0 fully saturated rings. The van der Waals surface area contributed by atoms with Crippen LogP contribution >= 0.6 is 0 Å². The minimum Gasteiger partial charge on any atom is -0.399 e. The first-order chi connectivity index (χ1) is 6.12. The Hall–Kier alpha value is -0.843. The second kappa shape index (κ2) is 3.91. The Morgan fingerprint density at radius 2 is 1.62 bits per heavy atom. The summed E-state index contributed by atoms with van der Waals surface area (Å²) in [7, 11) is 4.06. The van der Waals surface area contributed by atoms with Crippen molar-refractivity contribution in [3.63, 3.8) is 0 Å². The quantitative estimate of drug-likeness (QED) is 0.423. The molecule has 0 atom stereocenters. The van der Waals surface area contributed by atoms with Crippen molar-refractivity contribution >= 4 is 15.9 Å². The first kappa shape index (κ1) is 10.2. The lowest BCUT2D eigenvalue weighted by molar-refractivity contribution is -0.148. The summed E-state index contributed by atoms with van der Waals surface area (Å²) < 4.78 is 10.6. The maximum absolute atomic E-state index is 5.58. The largest absolute Gasteiger partial charge is 0.399 e. The third kappa shape index (κ3) is 2.09. The highest BCUT2D eigenvalue weighted by atomic mass is 28.1. The van der Waals surface area contributed by atoms with E-state index in [-0.39, 0.29) is 0 Å². The van der Waals surface area contributed by atoms with Crippen molar-refractivity contribution in [2.24, 2.45) is 0 Å². The highest BCUT2D eigenvalue weighted by Crippen LogP contribution is 2.22. The summed E-state index contributed by atoms with van der Waals surface area (Å²) >= 11 is 0. The predicted molar refractivity (Wildman–Crippen MR) is 56.5 cm³/mol. The molecule has 3 nitrogen and oxygen atoms in total. The van der Waals surface area contributed by atoms with E-state index >= 15 is 0 Å². The standard InChI is InChI=1S/C9H15NO2Si/c1-11-9(13,12-2)7-3-5-8(10)6-4-7/h3-6H,10H2,1-2,13H3. The summed E-state index contributed by atoms with van der Waals surface area (Å²) in [6, 6.07) is 7.55. The average Bonchev–Trinajstić information content (AvgIpc) is 2.18. The van der Waals surface area contributed by atoms with Gasteiger partial charge in [0.25, 0.3) is 0 Å². The van der Waals surface area contributed by atoms with E-state index in [1.54, 1.807) is 14.2 Å². The van der Waals surface area contributed by atoms with Crippen LogP contribution in [-0.4, -0.2) is 24.5 Å². The van der Waals surface area contributed by atoms with Crippen molar-refractivity contribution in [1.29, 1.82) is 0 Å². The average molecular weight is 197 g/mol. The van der Waals surface area contributed by atoms with Gasteiger partial charge in [-0.15, -0.1) is 0 Å². The Bertz CT molecular complexity index is 269. The topological polar surface area (TPSA) is 44.5 Å². The fraction of sp³-hybridized carbons (Fsp3) is 0.333. The zero-order chi connectivity index (χ0) is 9.90. The van der Waals surface area contributed by atoms with Crippen molar-refractivity contribution in [1.82, 2.24) is 0 Å². The van der Waals surface area contributed by atoms with Crippen LogP contribution in [0.5, 0.6) is 0 Å². The van der Waals surface area contributed by atoms with E-state index in [2.05, 4.69) is 0 Å². The SMILES string of the molecule is COC([SiH3])(OC)c1ccc(N)cc1. The number of ether oxygens (including phenoxy) is 2. The molecule has 1 aromatic rings. The van der Waals surface area contributed by atoms with Crippen LogP contribution < -0.4 is 5.73 Å². The third-order valence-electron chi connectivity index (χ3n) is 2.21. The van der Waals surface area contributed by atoms with E-state index < -0.39 is 5.41 Å². The van der Waals surface area contributed by atoms with Gasteiger partial charge in [0.2, 0.25) is 0 Å². The maximum atomic E-state index is 5.58. The van der Waals surface area contributed by atoms with Crippen molar-refractivity contribution < 1.29 is 9.47 Å². The van der Waals surface area contributed by atoms with Crippen molar-refractivity contribution in [2.45, 2.75) is 5.41 Å². The molecule has 1 aromatic carbocycles. The van der Waals surface area contributed by atoms with Gasteiger partial charge in [-0.25, -0.2) is 0 Å². The Kier molecular flexibility index (Phi) is 3.08. The van der Waals surface area contributed by atoms with Gasteiger partial charge in [-0.3, -0.25) is 0 Å². The van der Waals surface area contributed by atoms with Gasteiger partial charge in [-0.2, -0.15) is 0 Å². The fourth-order valence-electron chi connectivity index (χ4n) is 1.10. The molecule has 0 aliphatic carbocycles. The molecule has 4 heteroatoms. The maximum Gasteiger partial charge on any atom is 0.165 e. The molecule has 13 heavy (non-hydrogen) atoms. The molecule has 0 unspecified atom stereocenters. The minimum atomic E-state index is -0.548. The lowest BCUT2D eigenvalue weighted by atomic mass is 10.2. The van der Waals surface area contributed by atoms with Gasteiger partial charge in [-0.05, 0) is 12.1 Å². The second-order valence-corrected chi connectivity index (χ2v) is 4.29. The summed E-state index contributed by atoms with van der Waals surface area (Å²) in [6.07, 6.45) is 0. The van der Waals surface area contributed by atoms with Crippen molar-refractivity contribution in [3.05, 3.63) is 29.8 Å². The number of hydrogen-bond donors (Lipinski definition) is 1. The van der Waals surface area contributed by atoms with Gasteiger partial charge < -0.3 is 15.2 Å². The van der Waals surface area contributed by atoms with Crippen LogP contribution in [0.1, 0.15) is 5.56 Å². The van der Waals surface area contributed by atoms with Crippen LogP contribution in [0.3, 0.4) is 0 Å². The first-order valence-corrected chi connectivity index (χ1v) is 5.08. The highest BCUT2D eigenvalue weighted by molar-refractivity contribution is 6.13. The van der Waals surface area contributed by atoms with Crippen LogP contribution in [0, 0.1) is 0 Å². The normalized spacial score (nSPS) is 11.8. The lowest BCUT2D eigenvalue weighted by Crippen LogP contribution is -2.30. The molecule has 0 aromatic heterocycles. The molecular formula is C9H15NO2Si. The zero-order valence-corrected chi connectivity index (χ0v) is 10.2. The Morgan fingerprint density at radius 1 is 1.15 bits per heavy atom. The van der Waals surface area contributed by atoms with Gasteiger partial charge in [0, 0.05) is 25.5 Å². The molecule has 0 radical (unpaired) electrons. The molecule has 1 rings (SSSR count). The van der Waals surface area contributed by atoms with Crippen LogP contribution in [0.2, 0.25) is 0 Å². The molecule has 72 valence electrons. The second-order valence-electron chi connectivity index (χ2n) is 2.98. The molecule has 0 amide bonds. The number of anilines is 1. The predicted octanol–water partition coefficient (Wildman–Crippen LogP) is 0.0373. The Balaban J connectivity index is 2.99. The monoisotopic (exact) mass is 197 g/mol. The number of hydrogen-bond acceptors (Lipinski definition) is 3. The van der Waals surface area contributed by atoms with Crippen molar-refractivity contribution in [2.75, 3.05) is 20.0 Å². The van der Waals surface area contributed by atoms with Gasteiger partial charge in [0.1, 0.15) is 0 Å². The van der Waals surface area contributed by atoms with Crippen LogP contribution in [0.4, 0.5) is 5.69 Å². The Labute approximate surface area is 81.3 Å². The third-order valence-corrected chi connectivity index (χ3v) is 3.61. The summed E-state index contributed by atoms with van der Waals surface area (Å²) in [5.74, 6) is 0. The van der Waals surface area contributed by atoms with Gasteiger partial charge in [0.05, 0.1) is 10.2 Å². The molecule has 0 aliphatic rings. The summed E-state index contributed by atoms with van der Waals surface area (Å²) in [4.78, 5) is 0. The van der Waals surface area contributed by atoms with Crippen molar-refractivity contribution in [3.8, 4) is 0 Å². The van der Waals surface area contributed by atoms with E-state index in [0.717, 1.165) is 21.5 Å². The molecule has 0 bridgehead atoms. The highest BCUT2D eigenvalue weighted by Gasteiger charge is 2.24. The molecular weight excluding hydrogens is 182 g/mol. The number of nitrogen functional groups attached to an aromatic ring is 1. The van der Waals surface area contributed by atoms with Gasteiger partial charge in [0.15, 0.2) is 5.41 Å². The first-order valence-electron chi connectivity index (χ1n) is 4.08. The molecule has 2 N–H and O–H groups in total. The summed E-state index contributed by atoms with van der Waals surface area (Å²) in [5, 5.41) is 0. The van der Waals surface area contributed by atoms with Crippen LogP contribution in [-0.2, 0) is 14.9 Å². The number of methoxy groups -OCH3 is 2. The number of rotatable bonds is 3. The lowest BCUT2D eigenvalue weighted by Gasteiger charge is -2.27. The minimum absolute atomic E-state index is 0.548. The van der Waals surface area contributed by atoms with E-state index in [9.17, 15) is 0 Å². The van der Waals surface area contributed by atoms with Gasteiger partial charge in [-0.1, -0.05) is 12.1 Å².